The Hall–Kier alpha value is -3.34. The van der Waals surface area contributed by atoms with Gasteiger partial charge in [0, 0.05) is 23.1 Å². The maximum absolute atomic E-state index is 12.1. The summed E-state index contributed by atoms with van der Waals surface area (Å²) >= 11 is 0. The Morgan fingerprint density at radius 1 is 1.00 bits per heavy atom. The molecule has 0 atom stereocenters. The number of nitrogens with two attached hydrogens (primary N) is 1. The molecule has 0 spiro atoms. The molecule has 0 fully saturated rings. The number of H-pyrrole nitrogens is 1. The van der Waals surface area contributed by atoms with Gasteiger partial charge in [-0.2, -0.15) is 0 Å². The highest BCUT2D eigenvalue weighted by Gasteiger charge is 2.06. The third-order valence-corrected chi connectivity index (χ3v) is 3.48. The van der Waals surface area contributed by atoms with Crippen LogP contribution in [0.5, 0.6) is 0 Å². The highest BCUT2D eigenvalue weighted by molar-refractivity contribution is 6.04. The van der Waals surface area contributed by atoms with Crippen LogP contribution in [0.3, 0.4) is 0 Å². The molecule has 0 aliphatic heterocycles. The summed E-state index contributed by atoms with van der Waals surface area (Å²) in [4.78, 5) is 25.7. The molecule has 1 heterocycles. The first-order valence-corrected chi connectivity index (χ1v) is 7.06. The molecule has 5 nitrogen and oxygen atoms in total. The highest BCUT2D eigenvalue weighted by Crippen LogP contribution is 2.22. The van der Waals surface area contributed by atoms with E-state index in [9.17, 15) is 9.59 Å². The Morgan fingerprint density at radius 3 is 2.30 bits per heavy atom. The summed E-state index contributed by atoms with van der Waals surface area (Å²) in [5, 5.41) is 2.83. The van der Waals surface area contributed by atoms with Crippen LogP contribution in [-0.4, -0.2) is 17.2 Å². The van der Waals surface area contributed by atoms with E-state index in [1.165, 1.54) is 0 Å². The second kappa shape index (κ2) is 6.19. The number of benzene rings is 2. The fraction of sp³-hybridized carbons (Fsp3) is 0. The van der Waals surface area contributed by atoms with Crippen molar-refractivity contribution in [2.45, 2.75) is 0 Å². The summed E-state index contributed by atoms with van der Waals surface area (Å²) < 4.78 is 0. The summed E-state index contributed by atoms with van der Waals surface area (Å²) in [5.74, 6) is -0.192. The monoisotopic (exact) mass is 305 g/mol. The minimum atomic E-state index is -0.192. The Morgan fingerprint density at radius 2 is 1.70 bits per heavy atom. The van der Waals surface area contributed by atoms with Gasteiger partial charge in [0.1, 0.15) is 0 Å². The molecule has 4 N–H and O–H groups in total. The van der Waals surface area contributed by atoms with Gasteiger partial charge in [-0.25, -0.2) is 0 Å². The molecule has 0 unspecified atom stereocenters. The van der Waals surface area contributed by atoms with Crippen molar-refractivity contribution in [1.82, 2.24) is 4.98 Å². The van der Waals surface area contributed by atoms with Crippen molar-refractivity contribution < 1.29 is 9.59 Å². The first-order chi connectivity index (χ1) is 11.2. The predicted octanol–water partition coefficient (Wildman–Crippen LogP) is 3.33. The molecular weight excluding hydrogens is 290 g/mol. The van der Waals surface area contributed by atoms with Gasteiger partial charge in [-0.15, -0.1) is 0 Å². The van der Waals surface area contributed by atoms with E-state index in [0.29, 0.717) is 22.6 Å². The summed E-state index contributed by atoms with van der Waals surface area (Å²) in [6.07, 6.45) is 2.54. The van der Waals surface area contributed by atoms with Crippen LogP contribution < -0.4 is 11.1 Å². The number of nitrogen functional groups attached to an aromatic ring is 1. The van der Waals surface area contributed by atoms with Crippen LogP contribution in [-0.2, 0) is 0 Å². The zero-order valence-corrected chi connectivity index (χ0v) is 12.2. The van der Waals surface area contributed by atoms with E-state index in [1.807, 2.05) is 24.3 Å². The van der Waals surface area contributed by atoms with E-state index < -0.39 is 0 Å². The van der Waals surface area contributed by atoms with E-state index >= 15 is 0 Å². The summed E-state index contributed by atoms with van der Waals surface area (Å²) in [5.41, 5.74) is 9.87. The first kappa shape index (κ1) is 14.6. The first-order valence-electron chi connectivity index (χ1n) is 7.06. The molecule has 1 amide bonds. The molecule has 23 heavy (non-hydrogen) atoms. The lowest BCUT2D eigenvalue weighted by Gasteiger charge is -2.06. The summed E-state index contributed by atoms with van der Waals surface area (Å²) in [6, 6.07) is 15.9. The number of hydrogen-bond acceptors (Lipinski definition) is 3. The molecule has 0 aliphatic rings. The number of carbonyl (C=O) groups excluding carboxylic acids is 2. The van der Waals surface area contributed by atoms with Crippen LogP contribution in [0.2, 0.25) is 0 Å². The van der Waals surface area contributed by atoms with Gasteiger partial charge in [-0.1, -0.05) is 12.1 Å². The Kier molecular flexibility index (Phi) is 3.93. The Labute approximate surface area is 133 Å². The van der Waals surface area contributed by atoms with Crippen LogP contribution in [0, 0.1) is 0 Å². The van der Waals surface area contributed by atoms with Gasteiger partial charge in [-0.3, -0.25) is 9.59 Å². The number of hydrogen-bond donors (Lipinski definition) is 3. The molecule has 3 aromatic rings. The third kappa shape index (κ3) is 3.29. The Balaban J connectivity index is 1.73. The number of amides is 1. The second-order valence-corrected chi connectivity index (χ2v) is 5.12. The predicted molar refractivity (Wildman–Crippen MR) is 90.4 cm³/mol. The lowest BCUT2D eigenvalue weighted by Crippen LogP contribution is -2.11. The van der Waals surface area contributed by atoms with Crippen LogP contribution in [0.4, 0.5) is 11.4 Å². The van der Waals surface area contributed by atoms with Crippen molar-refractivity contribution in [3.05, 3.63) is 72.1 Å². The lowest BCUT2D eigenvalue weighted by atomic mass is 10.1. The average molecular weight is 305 g/mol. The van der Waals surface area contributed by atoms with Crippen LogP contribution in [0.1, 0.15) is 20.8 Å². The Bertz CT molecular complexity index is 833. The van der Waals surface area contributed by atoms with Gasteiger partial charge in [-0.05, 0) is 53.6 Å². The molecule has 114 valence electrons. The van der Waals surface area contributed by atoms with E-state index in [4.69, 9.17) is 5.73 Å². The molecule has 0 radical (unpaired) electrons. The number of aromatic nitrogens is 1. The largest absolute Gasteiger partial charge is 0.399 e. The number of nitrogens with one attached hydrogen (secondary N) is 2. The quantitative estimate of drug-likeness (QED) is 0.510. The zero-order chi connectivity index (χ0) is 16.2. The molecule has 2 aromatic carbocycles. The zero-order valence-electron chi connectivity index (χ0n) is 12.2. The number of aldehydes is 1. The topological polar surface area (TPSA) is 88.0 Å². The van der Waals surface area contributed by atoms with Crippen molar-refractivity contribution >= 4 is 23.6 Å². The molecular formula is C18H15N3O2. The normalized spacial score (nSPS) is 10.3. The lowest BCUT2D eigenvalue weighted by molar-refractivity contribution is 0.102. The molecule has 0 bridgehead atoms. The highest BCUT2D eigenvalue weighted by atomic mass is 16.1. The van der Waals surface area contributed by atoms with Crippen molar-refractivity contribution in [2.75, 3.05) is 11.1 Å². The van der Waals surface area contributed by atoms with Gasteiger partial charge in [0.2, 0.25) is 0 Å². The SMILES string of the molecule is Nc1ccc(C(=O)Nc2ccc(-c3c[nH]c(C=O)c3)cc2)cc1. The van der Waals surface area contributed by atoms with Gasteiger partial charge in [0.25, 0.3) is 5.91 Å². The fourth-order valence-corrected chi connectivity index (χ4v) is 2.23. The minimum Gasteiger partial charge on any atom is -0.399 e. The smallest absolute Gasteiger partial charge is 0.255 e. The van der Waals surface area contributed by atoms with Crippen molar-refractivity contribution in [1.29, 1.82) is 0 Å². The fourth-order valence-electron chi connectivity index (χ4n) is 2.23. The number of rotatable bonds is 4. The number of carbonyl (C=O) groups is 2. The molecule has 5 heteroatoms. The van der Waals surface area contributed by atoms with Crippen molar-refractivity contribution in [3.8, 4) is 11.1 Å². The van der Waals surface area contributed by atoms with Crippen LogP contribution >= 0.6 is 0 Å². The van der Waals surface area contributed by atoms with Gasteiger partial charge >= 0.3 is 0 Å². The molecule has 0 saturated heterocycles. The van der Waals surface area contributed by atoms with E-state index in [1.54, 1.807) is 36.5 Å². The number of aromatic amines is 1. The van der Waals surface area contributed by atoms with Gasteiger partial charge < -0.3 is 16.0 Å². The molecule has 0 saturated carbocycles. The third-order valence-electron chi connectivity index (χ3n) is 3.48. The second-order valence-electron chi connectivity index (χ2n) is 5.12. The van der Waals surface area contributed by atoms with Crippen molar-refractivity contribution in [3.63, 3.8) is 0 Å². The standard InChI is InChI=1S/C18H15N3O2/c19-15-5-1-13(2-6-15)18(23)21-16-7-3-12(4-8-16)14-9-17(11-22)20-10-14/h1-11,20H,19H2,(H,21,23). The maximum Gasteiger partial charge on any atom is 0.255 e. The molecule has 0 aliphatic carbocycles. The maximum atomic E-state index is 12.1. The van der Waals surface area contributed by atoms with E-state index in [2.05, 4.69) is 10.3 Å². The molecule has 1 aromatic heterocycles. The van der Waals surface area contributed by atoms with E-state index in [0.717, 1.165) is 17.4 Å². The molecule has 3 rings (SSSR count). The summed E-state index contributed by atoms with van der Waals surface area (Å²) in [7, 11) is 0. The van der Waals surface area contributed by atoms with Crippen LogP contribution in [0.25, 0.3) is 11.1 Å². The van der Waals surface area contributed by atoms with Crippen LogP contribution in [0.15, 0.2) is 60.8 Å². The van der Waals surface area contributed by atoms with Gasteiger partial charge in [0.05, 0.1) is 5.69 Å². The average Bonchev–Trinajstić information content (AvgIpc) is 3.05. The van der Waals surface area contributed by atoms with Crippen molar-refractivity contribution in [2.24, 2.45) is 0 Å². The van der Waals surface area contributed by atoms with E-state index in [-0.39, 0.29) is 5.91 Å². The minimum absolute atomic E-state index is 0.192. The summed E-state index contributed by atoms with van der Waals surface area (Å²) in [6.45, 7) is 0. The number of anilines is 2. The van der Waals surface area contributed by atoms with Gasteiger partial charge in [0.15, 0.2) is 6.29 Å².